The maximum atomic E-state index is 12.8. The number of anilines is 1. The van der Waals surface area contributed by atoms with E-state index in [1.54, 1.807) is 13.1 Å². The fraction of sp³-hybridized carbons (Fsp3) is 0.559. The van der Waals surface area contributed by atoms with Crippen LogP contribution in [0.1, 0.15) is 57.4 Å². The van der Waals surface area contributed by atoms with E-state index in [2.05, 4.69) is 38.0 Å². The first-order valence-corrected chi connectivity index (χ1v) is 19.0. The summed E-state index contributed by atoms with van der Waals surface area (Å²) in [5.74, 6) is -1.98. The molecule has 288 valence electrons. The van der Waals surface area contributed by atoms with Crippen LogP contribution in [0.2, 0.25) is 0 Å². The van der Waals surface area contributed by atoms with Gasteiger partial charge in [-0.3, -0.25) is 19.2 Å². The molecule has 0 aliphatic heterocycles. The van der Waals surface area contributed by atoms with Crippen molar-refractivity contribution in [3.8, 4) is 5.75 Å². The van der Waals surface area contributed by atoms with Crippen molar-refractivity contribution in [3.63, 3.8) is 0 Å². The van der Waals surface area contributed by atoms with Crippen molar-refractivity contribution in [2.75, 3.05) is 57.2 Å². The van der Waals surface area contributed by atoms with Gasteiger partial charge in [-0.1, -0.05) is 52.3 Å². The Labute approximate surface area is 316 Å². The van der Waals surface area contributed by atoms with E-state index in [1.165, 1.54) is 43.0 Å². The van der Waals surface area contributed by atoms with Gasteiger partial charge in [0.1, 0.15) is 12.6 Å². The molecule has 1 aliphatic rings. The number of carbonyl (C=O) groups is 7. The molecule has 18 heteroatoms. The van der Waals surface area contributed by atoms with Crippen molar-refractivity contribution in [1.29, 1.82) is 0 Å². The average molecular weight is 814 g/mol. The molecule has 0 heterocycles. The Morgan fingerprint density at radius 2 is 1.73 bits per heavy atom. The van der Waals surface area contributed by atoms with Crippen molar-refractivity contribution in [3.05, 3.63) is 35.9 Å². The molecule has 0 saturated heterocycles. The second-order valence-corrected chi connectivity index (χ2v) is 13.7. The lowest BCUT2D eigenvalue weighted by atomic mass is 10.0. The largest absolute Gasteiger partial charge is 0.480 e. The molecule has 0 spiro atoms. The molecule has 2 rings (SSSR count). The predicted octanol–water partition coefficient (Wildman–Crippen LogP) is 4.18. The van der Waals surface area contributed by atoms with E-state index in [0.717, 1.165) is 42.3 Å². The first kappa shape index (κ1) is 43.8. The molecule has 1 aliphatic carbocycles. The molecular formula is C34H49BrN6O10S. The zero-order valence-corrected chi connectivity index (χ0v) is 32.4. The normalized spacial score (nSPS) is 15.1. The molecule has 0 fully saturated rings. The molecule has 6 amide bonds. The second-order valence-electron chi connectivity index (χ2n) is 12.1. The van der Waals surface area contributed by atoms with Crippen LogP contribution in [-0.2, 0) is 30.5 Å². The number of nitrogens with zero attached hydrogens (tertiary/aromatic N) is 3. The number of benzene rings is 1. The molecule has 1 aromatic carbocycles. The van der Waals surface area contributed by atoms with Gasteiger partial charge in [0.25, 0.3) is 5.24 Å². The summed E-state index contributed by atoms with van der Waals surface area (Å²) in [6.45, 7) is 1.64. The van der Waals surface area contributed by atoms with Gasteiger partial charge in [-0.25, -0.2) is 14.4 Å². The number of rotatable bonds is 17. The number of carbonyl (C=O) groups excluding carboxylic acids is 6. The SMILES string of the molecule is C[C@@H](C(=O)O)N(C)C(=O)CCSC(=O)N(C)CCN(C)C(=O)OCc1ccc(OC(=O)NC2C/C=C/CCCC2)c(NC(=O)CCNC(=O)CBr)c1. The van der Waals surface area contributed by atoms with E-state index >= 15 is 0 Å². The lowest BCUT2D eigenvalue weighted by Gasteiger charge is -2.23. The summed E-state index contributed by atoms with van der Waals surface area (Å²) < 4.78 is 11.0. The monoisotopic (exact) mass is 812 g/mol. The standard InChI is InChI=1S/C34H49BrN6O10S/c1-23(31(45)46)41(4)30(44)15-19-52-34(49)40(3)18-17-39(2)33(48)50-22-24-12-13-27(26(20-24)38-28(42)14-16-36-29(43)21-35)51-32(47)37-25-10-8-6-5-7-9-11-25/h6,8,12-13,20,23,25H,5,7,9-11,14-19,21-22H2,1-4H3,(H,36,43)(H,37,47)(H,38,42)(H,45,46)/b8-6+/t23-,25?/m0/s1. The molecule has 0 radical (unpaired) electrons. The Kier molecular flexibility index (Phi) is 19.6. The summed E-state index contributed by atoms with van der Waals surface area (Å²) in [7, 11) is 4.46. The lowest BCUT2D eigenvalue weighted by molar-refractivity contribution is -0.148. The van der Waals surface area contributed by atoms with Gasteiger partial charge < -0.3 is 45.2 Å². The molecular weight excluding hydrogens is 764 g/mol. The molecule has 1 aromatic rings. The fourth-order valence-electron chi connectivity index (χ4n) is 4.64. The van der Waals surface area contributed by atoms with Crippen LogP contribution in [0.3, 0.4) is 0 Å². The average Bonchev–Trinajstić information content (AvgIpc) is 3.10. The number of hydrogen-bond acceptors (Lipinski definition) is 10. The van der Waals surface area contributed by atoms with Crippen LogP contribution in [0.15, 0.2) is 30.4 Å². The summed E-state index contributed by atoms with van der Waals surface area (Å²) >= 11 is 3.96. The minimum atomic E-state index is -1.12. The lowest BCUT2D eigenvalue weighted by Crippen LogP contribution is -2.40. The number of ether oxygens (including phenoxy) is 2. The van der Waals surface area contributed by atoms with Crippen molar-refractivity contribution in [2.24, 2.45) is 0 Å². The molecule has 0 bridgehead atoms. The van der Waals surface area contributed by atoms with Gasteiger partial charge in [0, 0.05) is 65.4 Å². The highest BCUT2D eigenvalue weighted by molar-refractivity contribution is 9.09. The Morgan fingerprint density at radius 3 is 2.44 bits per heavy atom. The molecule has 0 saturated carbocycles. The Balaban J connectivity index is 1.94. The number of nitrogens with one attached hydrogen (secondary N) is 3. The number of carboxylic acids is 1. The van der Waals surface area contributed by atoms with E-state index < -0.39 is 36.0 Å². The predicted molar refractivity (Wildman–Crippen MR) is 199 cm³/mol. The number of hydrogen-bond donors (Lipinski definition) is 4. The van der Waals surface area contributed by atoms with Crippen LogP contribution >= 0.6 is 27.7 Å². The molecule has 4 N–H and O–H groups in total. The van der Waals surface area contributed by atoms with Gasteiger partial charge in [0.05, 0.1) is 11.0 Å². The fourth-order valence-corrected chi connectivity index (χ4v) is 5.60. The van der Waals surface area contributed by atoms with Gasteiger partial charge in [-0.2, -0.15) is 0 Å². The third-order valence-electron chi connectivity index (χ3n) is 8.03. The number of carboxylic acid groups (broad SMARTS) is 1. The van der Waals surface area contributed by atoms with Gasteiger partial charge in [-0.15, -0.1) is 0 Å². The Bertz CT molecular complexity index is 1450. The van der Waals surface area contributed by atoms with E-state index in [9.17, 15) is 33.6 Å². The topological polar surface area (TPSA) is 204 Å². The smallest absolute Gasteiger partial charge is 0.412 e. The third kappa shape index (κ3) is 16.4. The van der Waals surface area contributed by atoms with E-state index in [-0.39, 0.29) is 78.8 Å². The van der Waals surface area contributed by atoms with Crippen LogP contribution in [0.25, 0.3) is 0 Å². The quantitative estimate of drug-likeness (QED) is 0.130. The Hall–Kier alpha value is -4.32. The first-order chi connectivity index (χ1) is 24.7. The number of allylic oxidation sites excluding steroid dienone is 1. The van der Waals surface area contributed by atoms with E-state index in [0.29, 0.717) is 12.0 Å². The number of halogens is 1. The first-order valence-electron chi connectivity index (χ1n) is 16.8. The van der Waals surface area contributed by atoms with Crippen molar-refractivity contribution in [2.45, 2.75) is 70.6 Å². The van der Waals surface area contributed by atoms with Crippen molar-refractivity contribution >= 4 is 74.5 Å². The van der Waals surface area contributed by atoms with Crippen molar-refractivity contribution in [1.82, 2.24) is 25.3 Å². The van der Waals surface area contributed by atoms with Crippen molar-refractivity contribution < 1.29 is 48.1 Å². The minimum absolute atomic E-state index is 0.00974. The number of aliphatic carboxylic acids is 1. The minimum Gasteiger partial charge on any atom is -0.480 e. The summed E-state index contributed by atoms with van der Waals surface area (Å²) in [6.07, 6.45) is 7.25. The summed E-state index contributed by atoms with van der Waals surface area (Å²) in [5.41, 5.74) is 0.665. The molecule has 52 heavy (non-hydrogen) atoms. The number of likely N-dealkylation sites (N-methyl/N-ethyl adjacent to an activating group) is 3. The number of amides is 6. The highest BCUT2D eigenvalue weighted by atomic mass is 79.9. The molecule has 1 unspecified atom stereocenters. The summed E-state index contributed by atoms with van der Waals surface area (Å²) in [5, 5.41) is 17.0. The molecule has 0 aromatic heterocycles. The zero-order chi connectivity index (χ0) is 38.6. The highest BCUT2D eigenvalue weighted by Gasteiger charge is 2.22. The second kappa shape index (κ2) is 23.3. The molecule has 16 nitrogen and oxygen atoms in total. The van der Waals surface area contributed by atoms with E-state index in [1.807, 2.05) is 6.08 Å². The van der Waals surface area contributed by atoms with Crippen LogP contribution in [0.5, 0.6) is 5.75 Å². The van der Waals surface area contributed by atoms with Gasteiger partial charge in [-0.05, 0) is 50.3 Å². The van der Waals surface area contributed by atoms with Crippen LogP contribution < -0.4 is 20.7 Å². The number of thioether (sulfide) groups is 1. The summed E-state index contributed by atoms with van der Waals surface area (Å²) in [6, 6.07) is 3.54. The molecule has 2 atom stereocenters. The van der Waals surface area contributed by atoms with E-state index in [4.69, 9.17) is 14.6 Å². The van der Waals surface area contributed by atoms with Crippen LogP contribution in [0, 0.1) is 0 Å². The van der Waals surface area contributed by atoms with Crippen LogP contribution in [-0.4, -0.2) is 125 Å². The maximum Gasteiger partial charge on any atom is 0.412 e. The highest BCUT2D eigenvalue weighted by Crippen LogP contribution is 2.27. The van der Waals surface area contributed by atoms with Gasteiger partial charge in [0.2, 0.25) is 17.7 Å². The summed E-state index contributed by atoms with van der Waals surface area (Å²) in [4.78, 5) is 89.4. The Morgan fingerprint density at radius 1 is 1.00 bits per heavy atom. The maximum absolute atomic E-state index is 12.8. The van der Waals surface area contributed by atoms with Crippen LogP contribution in [0.4, 0.5) is 20.1 Å². The zero-order valence-electron chi connectivity index (χ0n) is 30.0. The van der Waals surface area contributed by atoms with Gasteiger partial charge in [0.15, 0.2) is 5.75 Å². The van der Waals surface area contributed by atoms with Gasteiger partial charge >= 0.3 is 18.2 Å². The number of alkyl halides is 1. The third-order valence-corrected chi connectivity index (χ3v) is 9.50.